The molecule has 0 heterocycles. The molecule has 0 saturated carbocycles. The van der Waals surface area contributed by atoms with E-state index in [0.29, 0.717) is 22.2 Å². The zero-order valence-corrected chi connectivity index (χ0v) is 12.7. The summed E-state index contributed by atoms with van der Waals surface area (Å²) in [6.45, 7) is 0.365. The second-order valence-electron chi connectivity index (χ2n) is 4.38. The van der Waals surface area contributed by atoms with Crippen molar-refractivity contribution < 1.29 is 9.18 Å². The molecule has 6 heteroatoms. The normalized spacial score (nSPS) is 10.4. The van der Waals surface area contributed by atoms with Gasteiger partial charge in [0.15, 0.2) is 0 Å². The number of thioether (sulfide) groups is 1. The summed E-state index contributed by atoms with van der Waals surface area (Å²) in [6, 6.07) is 11.5. The van der Waals surface area contributed by atoms with Gasteiger partial charge in [-0.2, -0.15) is 0 Å². The van der Waals surface area contributed by atoms with Crippen molar-refractivity contribution in [2.75, 3.05) is 11.5 Å². The predicted octanol–water partition coefficient (Wildman–Crippen LogP) is 3.47. The molecule has 0 aliphatic rings. The zero-order chi connectivity index (χ0) is 15.2. The molecule has 0 radical (unpaired) electrons. The lowest BCUT2D eigenvalue weighted by atomic mass is 10.2. The first-order chi connectivity index (χ1) is 10.0. The minimum Gasteiger partial charge on any atom is -0.399 e. The van der Waals surface area contributed by atoms with Gasteiger partial charge >= 0.3 is 0 Å². The summed E-state index contributed by atoms with van der Waals surface area (Å²) in [5, 5.41) is 3.38. The van der Waals surface area contributed by atoms with Crippen molar-refractivity contribution in [1.29, 1.82) is 0 Å². The molecule has 3 N–H and O–H groups in total. The highest BCUT2D eigenvalue weighted by Gasteiger charge is 2.06. The molecule has 2 aromatic carbocycles. The molecular formula is C15H14ClFN2OS. The lowest BCUT2D eigenvalue weighted by molar-refractivity contribution is -0.118. The van der Waals surface area contributed by atoms with Gasteiger partial charge in [0.05, 0.1) is 5.75 Å². The summed E-state index contributed by atoms with van der Waals surface area (Å²) in [6.07, 6.45) is 0. The highest BCUT2D eigenvalue weighted by Crippen LogP contribution is 2.22. The fourth-order valence-electron chi connectivity index (χ4n) is 1.70. The Morgan fingerprint density at radius 2 is 2.05 bits per heavy atom. The quantitative estimate of drug-likeness (QED) is 0.654. The van der Waals surface area contributed by atoms with E-state index in [1.165, 1.54) is 23.9 Å². The maximum absolute atomic E-state index is 13.2. The number of benzene rings is 2. The maximum atomic E-state index is 13.2. The molecule has 2 aromatic rings. The van der Waals surface area contributed by atoms with Crippen molar-refractivity contribution in [2.45, 2.75) is 11.4 Å². The zero-order valence-electron chi connectivity index (χ0n) is 11.1. The molecule has 0 aromatic heterocycles. The number of nitrogen functional groups attached to an aromatic ring is 1. The Morgan fingerprint density at radius 3 is 2.76 bits per heavy atom. The van der Waals surface area contributed by atoms with Crippen LogP contribution >= 0.6 is 23.4 Å². The van der Waals surface area contributed by atoms with Gasteiger partial charge in [-0.25, -0.2) is 4.39 Å². The monoisotopic (exact) mass is 324 g/mol. The maximum Gasteiger partial charge on any atom is 0.230 e. The van der Waals surface area contributed by atoms with Crippen LogP contribution in [0.1, 0.15) is 5.56 Å². The summed E-state index contributed by atoms with van der Waals surface area (Å²) in [5.41, 5.74) is 6.74. The van der Waals surface area contributed by atoms with Crippen molar-refractivity contribution in [3.8, 4) is 0 Å². The molecule has 1 amide bonds. The lowest BCUT2D eigenvalue weighted by Gasteiger charge is -2.07. The summed E-state index contributed by atoms with van der Waals surface area (Å²) in [5.74, 6) is -0.371. The minimum absolute atomic E-state index is 0.150. The van der Waals surface area contributed by atoms with Crippen molar-refractivity contribution in [3.05, 3.63) is 58.9 Å². The SMILES string of the molecule is Nc1cc(F)cc(SCC(=O)NCc2ccccc2Cl)c1. The third kappa shape index (κ3) is 4.95. The summed E-state index contributed by atoms with van der Waals surface area (Å²) in [7, 11) is 0. The molecule has 0 saturated heterocycles. The van der Waals surface area contributed by atoms with E-state index in [-0.39, 0.29) is 11.7 Å². The molecule has 0 bridgehead atoms. The van der Waals surface area contributed by atoms with E-state index in [1.54, 1.807) is 12.1 Å². The van der Waals surface area contributed by atoms with Crippen molar-refractivity contribution in [3.63, 3.8) is 0 Å². The molecule has 0 aliphatic heterocycles. The fourth-order valence-corrected chi connectivity index (χ4v) is 2.72. The van der Waals surface area contributed by atoms with Gasteiger partial charge in [0, 0.05) is 22.2 Å². The van der Waals surface area contributed by atoms with E-state index in [4.69, 9.17) is 17.3 Å². The molecule has 2 rings (SSSR count). The van der Waals surface area contributed by atoms with Crippen LogP contribution in [-0.2, 0) is 11.3 Å². The van der Waals surface area contributed by atoms with E-state index in [0.717, 1.165) is 5.56 Å². The number of rotatable bonds is 5. The number of hydrogen-bond donors (Lipinski definition) is 2. The Morgan fingerprint density at radius 1 is 1.29 bits per heavy atom. The second-order valence-corrected chi connectivity index (χ2v) is 5.83. The largest absolute Gasteiger partial charge is 0.399 e. The van der Waals surface area contributed by atoms with Crippen molar-refractivity contribution >= 4 is 35.0 Å². The molecule has 0 spiro atoms. The number of anilines is 1. The van der Waals surface area contributed by atoms with Crippen molar-refractivity contribution in [2.24, 2.45) is 0 Å². The number of nitrogens with two attached hydrogens (primary N) is 1. The Kier molecular flexibility index (Phi) is 5.47. The van der Waals surface area contributed by atoms with Crippen LogP contribution in [0, 0.1) is 5.82 Å². The van der Waals surface area contributed by atoms with Gasteiger partial charge in [0.1, 0.15) is 5.82 Å². The van der Waals surface area contributed by atoms with Crippen LogP contribution in [0.2, 0.25) is 5.02 Å². The van der Waals surface area contributed by atoms with Crippen LogP contribution in [-0.4, -0.2) is 11.7 Å². The topological polar surface area (TPSA) is 55.1 Å². The molecule has 0 unspecified atom stereocenters. The first-order valence-electron chi connectivity index (χ1n) is 6.23. The van der Waals surface area contributed by atoms with Crippen LogP contribution in [0.4, 0.5) is 10.1 Å². The van der Waals surface area contributed by atoms with Gasteiger partial charge in [-0.15, -0.1) is 11.8 Å². The molecule has 110 valence electrons. The van der Waals surface area contributed by atoms with E-state index in [1.807, 2.05) is 18.2 Å². The number of nitrogens with one attached hydrogen (secondary N) is 1. The van der Waals surface area contributed by atoms with Gasteiger partial charge in [-0.3, -0.25) is 4.79 Å². The van der Waals surface area contributed by atoms with E-state index < -0.39 is 5.82 Å². The fraction of sp³-hybridized carbons (Fsp3) is 0.133. The van der Waals surface area contributed by atoms with Crippen LogP contribution in [0.25, 0.3) is 0 Å². The Hall–Kier alpha value is -1.72. The first-order valence-corrected chi connectivity index (χ1v) is 7.60. The number of amides is 1. The number of hydrogen-bond acceptors (Lipinski definition) is 3. The van der Waals surface area contributed by atoms with Gasteiger partial charge in [0.2, 0.25) is 5.91 Å². The Labute approximate surface area is 131 Å². The Bertz CT molecular complexity index is 631. The highest BCUT2D eigenvalue weighted by molar-refractivity contribution is 8.00. The van der Waals surface area contributed by atoms with E-state index in [9.17, 15) is 9.18 Å². The Balaban J connectivity index is 1.84. The van der Waals surface area contributed by atoms with Crippen LogP contribution in [0.3, 0.4) is 0 Å². The van der Waals surface area contributed by atoms with Crippen molar-refractivity contribution in [1.82, 2.24) is 5.32 Å². The molecule has 21 heavy (non-hydrogen) atoms. The smallest absolute Gasteiger partial charge is 0.230 e. The summed E-state index contributed by atoms with van der Waals surface area (Å²) >= 11 is 7.23. The van der Waals surface area contributed by atoms with Gasteiger partial charge in [0.25, 0.3) is 0 Å². The molecule has 3 nitrogen and oxygen atoms in total. The van der Waals surface area contributed by atoms with Crippen LogP contribution < -0.4 is 11.1 Å². The summed E-state index contributed by atoms with van der Waals surface area (Å²) in [4.78, 5) is 12.4. The third-order valence-corrected chi connectivity index (χ3v) is 4.04. The van der Waals surface area contributed by atoms with E-state index >= 15 is 0 Å². The average molecular weight is 325 g/mol. The standard InChI is InChI=1S/C15H14ClFN2OS/c16-14-4-2-1-3-10(14)8-19-15(20)9-21-13-6-11(17)5-12(18)7-13/h1-7H,8-9,18H2,(H,19,20). The molecule has 0 atom stereocenters. The summed E-state index contributed by atoms with van der Waals surface area (Å²) < 4.78 is 13.2. The lowest BCUT2D eigenvalue weighted by Crippen LogP contribution is -2.24. The average Bonchev–Trinajstić information content (AvgIpc) is 2.43. The third-order valence-electron chi connectivity index (χ3n) is 2.70. The highest BCUT2D eigenvalue weighted by atomic mass is 35.5. The van der Waals surface area contributed by atoms with Crippen LogP contribution in [0.5, 0.6) is 0 Å². The minimum atomic E-state index is -0.408. The van der Waals surface area contributed by atoms with Crippen LogP contribution in [0.15, 0.2) is 47.4 Å². The number of carbonyl (C=O) groups is 1. The molecule has 0 aliphatic carbocycles. The van der Waals surface area contributed by atoms with Gasteiger partial charge in [-0.1, -0.05) is 29.8 Å². The molecule has 0 fully saturated rings. The van der Waals surface area contributed by atoms with E-state index in [2.05, 4.69) is 5.32 Å². The second kappa shape index (κ2) is 7.33. The molecular weight excluding hydrogens is 311 g/mol. The first kappa shape index (κ1) is 15.7. The number of halogens is 2. The van der Waals surface area contributed by atoms with Gasteiger partial charge in [-0.05, 0) is 29.8 Å². The number of carbonyl (C=O) groups excluding carboxylic acids is 1. The predicted molar refractivity (Wildman–Crippen MR) is 84.8 cm³/mol. The van der Waals surface area contributed by atoms with Gasteiger partial charge < -0.3 is 11.1 Å².